The van der Waals surface area contributed by atoms with Gasteiger partial charge in [0.15, 0.2) is 0 Å². The Morgan fingerprint density at radius 1 is 1.25 bits per heavy atom. The van der Waals surface area contributed by atoms with Crippen LogP contribution in [0, 0.1) is 0 Å². The minimum atomic E-state index is 0. The molecule has 0 amide bonds. The predicted octanol–water partition coefficient (Wildman–Crippen LogP) is -1.59. The van der Waals surface area contributed by atoms with Crippen molar-refractivity contribution in [2.24, 2.45) is 0 Å². The predicted molar refractivity (Wildman–Crippen MR) is 16.9 cm³/mol. The van der Waals surface area contributed by atoms with Gasteiger partial charge in [-0.3, -0.25) is 0 Å². The first-order valence-corrected chi connectivity index (χ1v) is 1.50. The van der Waals surface area contributed by atoms with Crippen molar-refractivity contribution in [1.29, 1.82) is 0 Å². The van der Waals surface area contributed by atoms with E-state index >= 15 is 0 Å². The van der Waals surface area contributed by atoms with Crippen LogP contribution in [0.15, 0.2) is 0 Å². The summed E-state index contributed by atoms with van der Waals surface area (Å²) in [4.78, 5) is 0. The molecule has 0 aromatic heterocycles. The summed E-state index contributed by atoms with van der Waals surface area (Å²) in [7, 11) is 0. The van der Waals surface area contributed by atoms with Gasteiger partial charge in [-0.15, -0.1) is 0 Å². The fourth-order valence-corrected chi connectivity index (χ4v) is 0. The van der Waals surface area contributed by atoms with E-state index in [-0.39, 0.29) is 72.9 Å². The molecule has 0 heterocycles. The fourth-order valence-electron chi connectivity index (χ4n) is 0. The molecule has 0 saturated carbocycles. The molecule has 0 fully saturated rings. The molecule has 0 aliphatic rings. The Labute approximate surface area is 74.9 Å². The Hall–Kier alpha value is 1.97. The third-order valence-corrected chi connectivity index (χ3v) is 0. The number of rotatable bonds is 0. The van der Waals surface area contributed by atoms with Crippen molar-refractivity contribution >= 4 is 67.4 Å². The number of hydrogen-bond acceptors (Lipinski definition) is 2. The van der Waals surface area contributed by atoms with Crippen LogP contribution in [-0.4, -0.2) is 72.9 Å². The van der Waals surface area contributed by atoms with Crippen LogP contribution in [0.3, 0.4) is 0 Å². The summed E-state index contributed by atoms with van der Waals surface area (Å²) in [6.45, 7) is 0. The molecule has 0 aliphatic carbocycles. The molecule has 0 aromatic carbocycles. The molecule has 0 radical (unpaired) electrons. The second kappa shape index (κ2) is 20.2. The third-order valence-electron chi connectivity index (χ3n) is 0. The van der Waals surface area contributed by atoms with E-state index in [1.54, 1.807) is 0 Å². The zero-order valence-corrected chi connectivity index (χ0v) is 11.8. The summed E-state index contributed by atoms with van der Waals surface area (Å²) < 4.78 is 8.38. The van der Waals surface area contributed by atoms with Gasteiger partial charge in [-0.2, -0.15) is 0 Å². The van der Waals surface area contributed by atoms with Crippen LogP contribution in [0.4, 0.5) is 0 Å². The van der Waals surface area contributed by atoms with Crippen molar-refractivity contribution in [3.8, 4) is 0 Å². The van der Waals surface area contributed by atoms with Crippen LogP contribution in [0.25, 0.3) is 0 Å². The molecule has 20 valence electrons. The Balaban J connectivity index is -0.00000000500. The van der Waals surface area contributed by atoms with Gasteiger partial charge >= 0.3 is 71.0 Å². The van der Waals surface area contributed by atoms with Gasteiger partial charge in [0, 0.05) is 0 Å². The molecule has 2 nitrogen and oxygen atoms in total. The van der Waals surface area contributed by atoms with Gasteiger partial charge in [-0.1, -0.05) is 0 Å². The molecule has 1 N–H and O–H groups in total. The maximum absolute atomic E-state index is 8.38. The molecule has 4 heavy (non-hydrogen) atoms. The Morgan fingerprint density at radius 2 is 1.25 bits per heavy atom. The summed E-state index contributed by atoms with van der Waals surface area (Å²) in [6.07, 6.45) is 0. The Morgan fingerprint density at radius 3 is 1.25 bits per heavy atom. The molecule has 0 bridgehead atoms. The van der Waals surface area contributed by atoms with E-state index in [1.165, 1.54) is 0 Å². The van der Waals surface area contributed by atoms with Gasteiger partial charge in [0.25, 0.3) is 0 Å². The van der Waals surface area contributed by atoms with Crippen LogP contribution >= 0.6 is 0 Å². The van der Waals surface area contributed by atoms with Gasteiger partial charge in [0.1, 0.15) is 0 Å². The first-order valence-electron chi connectivity index (χ1n) is 0.289. The summed E-state index contributed by atoms with van der Waals surface area (Å²) in [5.74, 6) is 0. The van der Waals surface area contributed by atoms with Gasteiger partial charge in [0.05, 0.1) is 0 Å². The molecule has 0 aliphatic heterocycles. The maximum atomic E-state index is 8.38. The molecular formula is H3BaGaO2. The first-order chi connectivity index (χ1) is 1.00. The monoisotopic (exact) mass is 242 g/mol. The van der Waals surface area contributed by atoms with Crippen LogP contribution in [0.1, 0.15) is 0 Å². The Kier molecular flexibility index (Phi) is 84.4. The van der Waals surface area contributed by atoms with Crippen molar-refractivity contribution in [3.63, 3.8) is 0 Å². The van der Waals surface area contributed by atoms with Gasteiger partial charge in [-0.25, -0.2) is 0 Å². The zero-order valence-electron chi connectivity index (χ0n) is 2.56. The van der Waals surface area contributed by atoms with Crippen molar-refractivity contribution < 1.29 is 9.02 Å². The van der Waals surface area contributed by atoms with Crippen LogP contribution in [0.5, 0.6) is 0 Å². The van der Waals surface area contributed by atoms with E-state index in [0.717, 1.165) is 0 Å². The van der Waals surface area contributed by atoms with Crippen LogP contribution < -0.4 is 0 Å². The average molecular weight is 242 g/mol. The summed E-state index contributed by atoms with van der Waals surface area (Å²) in [5.41, 5.74) is 0. The Bertz CT molecular complexity index is 6.00. The summed E-state index contributed by atoms with van der Waals surface area (Å²) in [6, 6.07) is 0. The van der Waals surface area contributed by atoms with Gasteiger partial charge in [-0.05, 0) is 0 Å². The van der Waals surface area contributed by atoms with Gasteiger partial charge < -0.3 is 5.48 Å². The third kappa shape index (κ3) is 9.03. The first kappa shape index (κ1) is 16.7. The second-order valence-electron chi connectivity index (χ2n) is 0. The number of hydrogen-bond donors (Lipinski definition) is 0. The van der Waals surface area contributed by atoms with E-state index in [1.807, 2.05) is 0 Å². The van der Waals surface area contributed by atoms with Crippen molar-refractivity contribution in [2.45, 2.75) is 0 Å². The van der Waals surface area contributed by atoms with Crippen molar-refractivity contribution in [3.05, 3.63) is 0 Å². The van der Waals surface area contributed by atoms with E-state index in [9.17, 15) is 0 Å². The summed E-state index contributed by atoms with van der Waals surface area (Å²) in [5, 5.41) is 0. The van der Waals surface area contributed by atoms with Gasteiger partial charge in [0.2, 0.25) is 0 Å². The fraction of sp³-hybridized carbons (Fsp3) is 0. The summed E-state index contributed by atoms with van der Waals surface area (Å²) >= 11 is 0.125. The molecule has 0 spiro atoms. The van der Waals surface area contributed by atoms with Crippen molar-refractivity contribution in [1.82, 2.24) is 0 Å². The topological polar surface area (TPSA) is 47.1 Å². The molecule has 4 heteroatoms. The quantitative estimate of drug-likeness (QED) is 0.481. The molecule has 0 atom stereocenters. The standard InChI is InChI=1S/Ba.Ga.H2O.O.2H/h;;1H2;;;/q+1;;;;;/p-1. The molecule has 0 rings (SSSR count). The van der Waals surface area contributed by atoms with E-state index in [2.05, 4.69) is 0 Å². The average Bonchev–Trinajstić information content (AvgIpc) is 1.00. The van der Waals surface area contributed by atoms with E-state index < -0.39 is 0 Å². The SMILES string of the molecule is [BaH+].[OH-].[O]=[GaH]. The molecular weight excluding hydrogens is 239 g/mol. The minimum absolute atomic E-state index is 0. The van der Waals surface area contributed by atoms with Crippen LogP contribution in [0.2, 0.25) is 0 Å². The normalized spacial score (nSPS) is 0.750. The van der Waals surface area contributed by atoms with E-state index in [4.69, 9.17) is 3.54 Å². The van der Waals surface area contributed by atoms with Crippen LogP contribution in [-0.2, 0) is 3.54 Å². The zero-order chi connectivity index (χ0) is 2.00. The molecule has 0 aromatic rings. The molecule has 0 unspecified atom stereocenters. The van der Waals surface area contributed by atoms with E-state index in [0.29, 0.717) is 0 Å². The molecule has 0 saturated heterocycles. The van der Waals surface area contributed by atoms with Crippen molar-refractivity contribution in [2.75, 3.05) is 0 Å². The second-order valence-corrected chi connectivity index (χ2v) is 0.